The number of carbonyl (C=O) groups is 16. The van der Waals surface area contributed by atoms with E-state index in [-0.39, 0.29) is 359 Å². The van der Waals surface area contributed by atoms with Crippen molar-refractivity contribution < 1.29 is 203 Å². The molecule has 2 radical (unpaired) electrons. The van der Waals surface area contributed by atoms with Crippen LogP contribution in [0.4, 0.5) is 0 Å². The number of nitrogens with one attached hydrogen (secondary N) is 10. The Bertz CT molecular complexity index is 2230. The normalized spacial score (nSPS) is 8.03. The summed E-state index contributed by atoms with van der Waals surface area (Å²) in [5.41, 5.74) is 0. The zero-order valence-electron chi connectivity index (χ0n) is 61.6. The van der Waals surface area contributed by atoms with Crippen molar-refractivity contribution >= 4 is 106 Å². The maximum atomic E-state index is 11.1. The second kappa shape index (κ2) is 150. The largest absolute Gasteiger partial charge is 0.542 e. The Morgan fingerprint density at radius 2 is 0.368 bits per heavy atom. The molecule has 0 spiro atoms. The standard InChI is InChI=1S/C9H18N2O4.2C8H14O2.4C6H12N2O4.C5H8O2.C5H9O.C2H3O.24CH4.2Y/c1-3-4-5-7(12)6-8(13)11-9(14,15)10-2;2*1-3-4-5-8(10)6-7(2)9;4*1-4(9)3-5(10)8-6(11,12)7-2;1-4(6)3-5(2)7;1-2-3-4-5-6;1-2-3;;;;;;;;;;;;;;;;;;;;;;;;;;/h10,14-15H,3-6H2,1-2H3,(H,11,13);2*3-6H2,1-2H3;4*7,11-12H,3H2,1-2H3,(H,8,10);3H2,1-2H3;2-4H2,1H3;1H3;24*1H4;;/q;;;;;;;;2*-1;;;;;;;;;;;;;;;;;;;;;;;;;;. The van der Waals surface area contributed by atoms with Crippen LogP contribution in [0, 0.1) is 0 Å². The maximum Gasteiger partial charge on any atom is 0.311 e. The van der Waals surface area contributed by atoms with E-state index in [9.17, 15) is 81.5 Å². The summed E-state index contributed by atoms with van der Waals surface area (Å²) >= 11 is 0. The number of aliphatic hydroxyl groups is 10. The van der Waals surface area contributed by atoms with Gasteiger partial charge in [0.15, 0.2) is 0 Å². The number of unbranched alkanes of at least 4 members (excludes halogenated alkanes) is 5. The van der Waals surface area contributed by atoms with E-state index in [1.807, 2.05) is 53.6 Å². The number of carbonyl (C=O) groups excluding carboxylic acids is 18. The third kappa shape index (κ3) is 242. The van der Waals surface area contributed by atoms with Crippen molar-refractivity contribution in [2.24, 2.45) is 0 Å². The van der Waals surface area contributed by atoms with E-state index in [1.54, 1.807) is 21.3 Å². The van der Waals surface area contributed by atoms with Crippen molar-refractivity contribution in [1.29, 1.82) is 0 Å². The molecule has 0 bridgehead atoms. The predicted octanol–water partition coefficient (Wildman–Crippen LogP) is 11.3. The molecule has 20 N–H and O–H groups in total. The molecule has 0 rings (SSSR count). The molecule has 0 fully saturated rings. The van der Waals surface area contributed by atoms with Gasteiger partial charge in [-0.05, 0) is 110 Å². The molecule has 0 heterocycles. The maximum absolute atomic E-state index is 11.1. The van der Waals surface area contributed by atoms with Crippen molar-refractivity contribution in [2.45, 2.75) is 427 Å². The SMILES string of the molecule is C.C.C.C.C.C.C.C.C.C.C.C.C.C.C.C.C.C.C.C.C.C.C.C.CC(=O)CC(C)=O.CCCCC(=O)CC(=O)NC(O)(O)NC.CCCCC(=O)CC(C)=O.CCCCC(=O)CC(C)=O.CCCC[C-]=O.CNC(O)(O)NC(=O)CC(C)=O.CNC(O)(O)NC(=O)CC(C)=O.CNC(O)(O)NC(=O)CC(C)=O.CNC(O)(O)NC(=O)CC(C)=O.C[C-]=O.[Y].[Y]. The molecule has 40 heteroatoms. The fourth-order valence-corrected chi connectivity index (χ4v) is 5.13. The smallest absolute Gasteiger partial charge is 0.311 e. The average molecular weight is 2000 g/mol. The van der Waals surface area contributed by atoms with Crippen LogP contribution in [-0.4, -0.2) is 222 Å². The van der Waals surface area contributed by atoms with Crippen molar-refractivity contribution in [3.05, 3.63) is 0 Å². The van der Waals surface area contributed by atoms with Crippen molar-refractivity contribution in [1.82, 2.24) is 53.2 Å². The van der Waals surface area contributed by atoms with Gasteiger partial charge in [0.25, 0.3) is 0 Å². The van der Waals surface area contributed by atoms with Crippen molar-refractivity contribution in [3.63, 3.8) is 0 Å². The third-order valence-corrected chi connectivity index (χ3v) is 9.76. The molecule has 776 valence electrons. The second-order valence-electron chi connectivity index (χ2n) is 20.8. The molecule has 0 saturated carbocycles. The molecule has 0 aliphatic rings. The minimum absolute atomic E-state index is 0. The van der Waals surface area contributed by atoms with Gasteiger partial charge in [-0.25, -0.2) is 0 Å². The van der Waals surface area contributed by atoms with Crippen LogP contribution < -0.4 is 53.2 Å². The van der Waals surface area contributed by atoms with E-state index in [2.05, 4.69) is 12.2 Å². The molecule has 0 aromatic rings. The molecule has 0 saturated heterocycles. The second-order valence-corrected chi connectivity index (χ2v) is 20.8. The molecular weight excluding hydrogens is 1790 g/mol. The Morgan fingerprint density at radius 1 is 0.240 bits per heavy atom. The molecule has 5 amide bonds. The van der Waals surface area contributed by atoms with Gasteiger partial charge in [-0.2, -0.15) is 13.3 Å². The zero-order chi connectivity index (χ0) is 80.4. The molecule has 38 nitrogen and oxygen atoms in total. The Labute approximate surface area is 818 Å². The van der Waals surface area contributed by atoms with Crippen LogP contribution in [0.15, 0.2) is 0 Å². The van der Waals surface area contributed by atoms with Gasteiger partial charge < -0.3 is 60.7 Å². The van der Waals surface area contributed by atoms with E-state index < -0.39 is 59.7 Å². The first kappa shape index (κ1) is 241. The zero-order valence-corrected chi connectivity index (χ0v) is 67.3. The van der Waals surface area contributed by atoms with Crippen molar-refractivity contribution in [2.75, 3.05) is 35.2 Å². The monoisotopic (exact) mass is 2000 g/mol. The first-order valence-corrected chi connectivity index (χ1v) is 30.6. The third-order valence-electron chi connectivity index (χ3n) is 9.76. The van der Waals surface area contributed by atoms with Crippen LogP contribution in [0.2, 0.25) is 0 Å². The quantitative estimate of drug-likeness (QED) is 0.0118. The molecule has 0 aromatic heterocycles. The van der Waals surface area contributed by atoms with Crippen LogP contribution in [-0.2, 0) is 152 Å². The van der Waals surface area contributed by atoms with Crippen LogP contribution >= 0.6 is 0 Å². The Kier molecular flexibility index (Phi) is 289. The Balaban J connectivity index is -0.0000000205. The number of hydrogen-bond donors (Lipinski definition) is 20. The number of hydrogen-bond acceptors (Lipinski definition) is 33. The van der Waals surface area contributed by atoms with Gasteiger partial charge in [0, 0.05) is 84.7 Å². The molecule has 0 aliphatic carbocycles. The number of amides is 5. The molecule has 0 unspecified atom stereocenters. The van der Waals surface area contributed by atoms with E-state index in [0.717, 1.165) is 51.4 Å². The topological polar surface area (TPSA) is 630 Å². The Hall–Kier alpha value is -5.33. The van der Waals surface area contributed by atoms with Gasteiger partial charge >= 0.3 is 30.2 Å². The number of Topliss-reactive ketones (excluding diaryl/α,β-unsaturated/α-hetero) is 11. The number of ketones is 11. The van der Waals surface area contributed by atoms with Gasteiger partial charge in [0.1, 0.15) is 63.6 Å². The summed E-state index contributed by atoms with van der Waals surface area (Å²) in [5.74, 6) is -5.33. The summed E-state index contributed by atoms with van der Waals surface area (Å²) in [4.78, 5) is 187. The first-order chi connectivity index (χ1) is 45.2. The van der Waals surface area contributed by atoms with Crippen LogP contribution in [0.1, 0.15) is 397 Å². The molecule has 0 aliphatic heterocycles. The Morgan fingerprint density at radius 3 is 0.464 bits per heavy atom. The van der Waals surface area contributed by atoms with Crippen LogP contribution in [0.25, 0.3) is 0 Å². The fourth-order valence-electron chi connectivity index (χ4n) is 5.13. The van der Waals surface area contributed by atoms with E-state index in [4.69, 9.17) is 55.9 Å². The molecule has 0 atom stereocenters. The van der Waals surface area contributed by atoms with Crippen LogP contribution in [0.5, 0.6) is 0 Å². The van der Waals surface area contributed by atoms with Crippen molar-refractivity contribution in [3.8, 4) is 0 Å². The summed E-state index contributed by atoms with van der Waals surface area (Å²) < 4.78 is 0. The summed E-state index contributed by atoms with van der Waals surface area (Å²) in [7, 11) is 6.24. The van der Waals surface area contributed by atoms with Gasteiger partial charge in [0.05, 0.1) is 51.4 Å². The molecular formula is C85H210N10O28Y2-2. The van der Waals surface area contributed by atoms with Crippen LogP contribution in [0.3, 0.4) is 0 Å². The summed E-state index contributed by atoms with van der Waals surface area (Å²) in [6, 6.07) is -12.3. The van der Waals surface area contributed by atoms with Gasteiger partial charge in [0.2, 0.25) is 29.5 Å². The van der Waals surface area contributed by atoms with Gasteiger partial charge in [-0.15, -0.1) is 0 Å². The van der Waals surface area contributed by atoms with E-state index in [0.29, 0.717) is 25.7 Å². The first-order valence-electron chi connectivity index (χ1n) is 30.6. The van der Waals surface area contributed by atoms with E-state index in [1.165, 1.54) is 104 Å². The predicted molar refractivity (Wildman–Crippen MR) is 516 cm³/mol. The summed E-state index contributed by atoms with van der Waals surface area (Å²) in [5, 5.41) is 108. The summed E-state index contributed by atoms with van der Waals surface area (Å²) in [6.45, 7) is 20.0. The average Bonchev–Trinajstić information content (AvgIpc) is 0.947. The fraction of sp³-hybridized carbons (Fsp3) is 0.788. The summed E-state index contributed by atoms with van der Waals surface area (Å²) in [6.07, 6.45) is 11.5. The molecule has 0 aromatic carbocycles. The van der Waals surface area contributed by atoms with E-state index >= 15 is 0 Å². The molecule has 125 heavy (non-hydrogen) atoms. The van der Waals surface area contributed by atoms with Gasteiger partial charge in [-0.1, -0.05) is 238 Å². The minimum Gasteiger partial charge on any atom is -0.542 e. The minimum atomic E-state index is -2.46. The van der Waals surface area contributed by atoms with Gasteiger partial charge in [-0.3, -0.25) is 142 Å². The number of rotatable bonds is 38.